The van der Waals surface area contributed by atoms with Crippen LogP contribution in [0.25, 0.3) is 0 Å². The van der Waals surface area contributed by atoms with Gasteiger partial charge < -0.3 is 9.84 Å². The molecular formula is C14H24N4O2. The average molecular weight is 280 g/mol. The SMILES string of the molecule is CCCc1noc([C@@H](C)N2CCC(C(=O)NC)CC2)n1. The number of carbonyl (C=O) groups excluding carboxylic acids is 1. The minimum atomic E-state index is 0.124. The number of nitrogens with zero attached hydrogens (tertiary/aromatic N) is 3. The van der Waals surface area contributed by atoms with Crippen molar-refractivity contribution in [3.8, 4) is 0 Å². The zero-order chi connectivity index (χ0) is 14.5. The molecule has 0 unspecified atom stereocenters. The van der Waals surface area contributed by atoms with E-state index in [1.54, 1.807) is 7.05 Å². The third kappa shape index (κ3) is 3.36. The molecule has 0 aliphatic carbocycles. The first-order valence-corrected chi connectivity index (χ1v) is 7.43. The van der Waals surface area contributed by atoms with Crippen LogP contribution in [-0.4, -0.2) is 41.1 Å². The molecule has 112 valence electrons. The summed E-state index contributed by atoms with van der Waals surface area (Å²) in [5.41, 5.74) is 0. The molecule has 1 saturated heterocycles. The van der Waals surface area contributed by atoms with Crippen molar-refractivity contribution in [2.24, 2.45) is 5.92 Å². The normalized spacial score (nSPS) is 18.9. The zero-order valence-electron chi connectivity index (χ0n) is 12.6. The van der Waals surface area contributed by atoms with Crippen LogP contribution in [-0.2, 0) is 11.2 Å². The van der Waals surface area contributed by atoms with Gasteiger partial charge in [-0.2, -0.15) is 4.98 Å². The topological polar surface area (TPSA) is 71.3 Å². The Balaban J connectivity index is 1.90. The molecule has 0 aromatic carbocycles. The lowest BCUT2D eigenvalue weighted by molar-refractivity contribution is -0.126. The maximum Gasteiger partial charge on any atom is 0.243 e. The lowest BCUT2D eigenvalue weighted by atomic mass is 9.95. The summed E-state index contributed by atoms with van der Waals surface area (Å²) in [6.45, 7) is 5.97. The first-order valence-electron chi connectivity index (χ1n) is 7.43. The monoisotopic (exact) mass is 280 g/mol. The summed E-state index contributed by atoms with van der Waals surface area (Å²) in [6, 6.07) is 0.124. The standard InChI is InChI=1S/C14H24N4O2/c1-4-5-12-16-14(20-17-12)10(2)18-8-6-11(7-9-18)13(19)15-3/h10-11H,4-9H2,1-3H3,(H,15,19)/t10-/m1/s1. The van der Waals surface area contributed by atoms with E-state index in [1.165, 1.54) is 0 Å². The van der Waals surface area contributed by atoms with Crippen LogP contribution in [0.3, 0.4) is 0 Å². The van der Waals surface area contributed by atoms with Gasteiger partial charge in [0.2, 0.25) is 11.8 Å². The number of piperidine rings is 1. The quantitative estimate of drug-likeness (QED) is 0.886. The molecule has 1 amide bonds. The van der Waals surface area contributed by atoms with E-state index < -0.39 is 0 Å². The van der Waals surface area contributed by atoms with Gasteiger partial charge >= 0.3 is 0 Å². The number of aromatic nitrogens is 2. The van der Waals surface area contributed by atoms with Gasteiger partial charge in [0.15, 0.2) is 5.82 Å². The summed E-state index contributed by atoms with van der Waals surface area (Å²) in [7, 11) is 1.70. The van der Waals surface area contributed by atoms with Gasteiger partial charge in [0.05, 0.1) is 6.04 Å². The molecule has 6 heteroatoms. The number of rotatable bonds is 5. The number of nitrogens with one attached hydrogen (secondary N) is 1. The lowest BCUT2D eigenvalue weighted by Gasteiger charge is -2.33. The molecule has 20 heavy (non-hydrogen) atoms. The van der Waals surface area contributed by atoms with Crippen LogP contribution in [0.15, 0.2) is 4.52 Å². The number of hydrogen-bond acceptors (Lipinski definition) is 5. The Hall–Kier alpha value is -1.43. The van der Waals surface area contributed by atoms with Crippen molar-refractivity contribution < 1.29 is 9.32 Å². The Labute approximate surface area is 119 Å². The van der Waals surface area contributed by atoms with E-state index in [9.17, 15) is 4.79 Å². The lowest BCUT2D eigenvalue weighted by Crippen LogP contribution is -2.40. The van der Waals surface area contributed by atoms with Gasteiger partial charge in [-0.3, -0.25) is 9.69 Å². The molecular weight excluding hydrogens is 256 g/mol. The molecule has 0 spiro atoms. The van der Waals surface area contributed by atoms with Crippen LogP contribution >= 0.6 is 0 Å². The highest BCUT2D eigenvalue weighted by Gasteiger charge is 2.29. The fourth-order valence-corrected chi connectivity index (χ4v) is 2.67. The Morgan fingerprint density at radius 3 is 2.80 bits per heavy atom. The molecule has 1 fully saturated rings. The predicted octanol–water partition coefficient (Wildman–Crippen LogP) is 1.54. The van der Waals surface area contributed by atoms with Gasteiger partial charge in [0, 0.05) is 19.4 Å². The summed E-state index contributed by atoms with van der Waals surface area (Å²) in [5, 5.41) is 6.73. The molecule has 1 aromatic heterocycles. The maximum absolute atomic E-state index is 11.6. The van der Waals surface area contributed by atoms with Crippen LogP contribution in [0.2, 0.25) is 0 Å². The molecule has 1 atom stereocenters. The summed E-state index contributed by atoms with van der Waals surface area (Å²) in [5.74, 6) is 1.77. The molecule has 0 radical (unpaired) electrons. The van der Waals surface area contributed by atoms with Crippen molar-refractivity contribution in [2.45, 2.75) is 45.6 Å². The molecule has 2 heterocycles. The number of aryl methyl sites for hydroxylation is 1. The zero-order valence-corrected chi connectivity index (χ0v) is 12.6. The van der Waals surface area contributed by atoms with E-state index >= 15 is 0 Å². The molecule has 1 aromatic rings. The van der Waals surface area contributed by atoms with Crippen LogP contribution in [0, 0.1) is 5.92 Å². The Morgan fingerprint density at radius 1 is 1.50 bits per heavy atom. The highest BCUT2D eigenvalue weighted by atomic mass is 16.5. The summed E-state index contributed by atoms with van der Waals surface area (Å²) in [4.78, 5) is 18.4. The average Bonchev–Trinajstić information content (AvgIpc) is 2.95. The van der Waals surface area contributed by atoms with E-state index in [-0.39, 0.29) is 17.9 Å². The third-order valence-electron chi connectivity index (χ3n) is 4.01. The second-order valence-electron chi connectivity index (χ2n) is 5.40. The molecule has 1 N–H and O–H groups in total. The Bertz CT molecular complexity index is 438. The van der Waals surface area contributed by atoms with Crippen LogP contribution in [0.4, 0.5) is 0 Å². The van der Waals surface area contributed by atoms with Crippen molar-refractivity contribution >= 4 is 5.91 Å². The molecule has 2 rings (SSSR count). The molecule has 6 nitrogen and oxygen atoms in total. The predicted molar refractivity (Wildman–Crippen MR) is 75.1 cm³/mol. The van der Waals surface area contributed by atoms with Crippen LogP contribution in [0.5, 0.6) is 0 Å². The minimum Gasteiger partial charge on any atom is -0.359 e. The van der Waals surface area contributed by atoms with Crippen molar-refractivity contribution in [1.29, 1.82) is 0 Å². The van der Waals surface area contributed by atoms with Gasteiger partial charge in [0.25, 0.3) is 0 Å². The molecule has 0 bridgehead atoms. The highest BCUT2D eigenvalue weighted by Crippen LogP contribution is 2.25. The fraction of sp³-hybridized carbons (Fsp3) is 0.786. The molecule has 1 aliphatic heterocycles. The second-order valence-corrected chi connectivity index (χ2v) is 5.40. The number of likely N-dealkylation sites (tertiary alicyclic amines) is 1. The molecule has 0 saturated carbocycles. The van der Waals surface area contributed by atoms with Crippen molar-refractivity contribution in [3.63, 3.8) is 0 Å². The first-order chi connectivity index (χ1) is 9.65. The van der Waals surface area contributed by atoms with E-state index in [4.69, 9.17) is 4.52 Å². The summed E-state index contributed by atoms with van der Waals surface area (Å²) in [6.07, 6.45) is 3.65. The number of hydrogen-bond donors (Lipinski definition) is 1. The van der Waals surface area contributed by atoms with Crippen molar-refractivity contribution in [3.05, 3.63) is 11.7 Å². The van der Waals surface area contributed by atoms with Gasteiger partial charge in [-0.1, -0.05) is 12.1 Å². The first kappa shape index (κ1) is 15.0. The highest BCUT2D eigenvalue weighted by molar-refractivity contribution is 5.78. The Kier molecular flexibility index (Phi) is 5.11. The minimum absolute atomic E-state index is 0.124. The van der Waals surface area contributed by atoms with E-state index in [0.29, 0.717) is 5.89 Å². The van der Waals surface area contributed by atoms with Crippen LogP contribution < -0.4 is 5.32 Å². The second kappa shape index (κ2) is 6.83. The summed E-state index contributed by atoms with van der Waals surface area (Å²) >= 11 is 0. The largest absolute Gasteiger partial charge is 0.359 e. The van der Waals surface area contributed by atoms with Gasteiger partial charge in [-0.15, -0.1) is 0 Å². The number of carbonyl (C=O) groups is 1. The van der Waals surface area contributed by atoms with Gasteiger partial charge in [0.1, 0.15) is 0 Å². The summed E-state index contributed by atoms with van der Waals surface area (Å²) < 4.78 is 5.35. The fourth-order valence-electron chi connectivity index (χ4n) is 2.67. The van der Waals surface area contributed by atoms with Crippen molar-refractivity contribution in [1.82, 2.24) is 20.4 Å². The smallest absolute Gasteiger partial charge is 0.243 e. The Morgan fingerprint density at radius 2 is 2.20 bits per heavy atom. The van der Waals surface area contributed by atoms with Crippen molar-refractivity contribution in [2.75, 3.05) is 20.1 Å². The number of amides is 1. The van der Waals surface area contributed by atoms with Gasteiger partial charge in [-0.05, 0) is 39.3 Å². The maximum atomic E-state index is 11.6. The van der Waals surface area contributed by atoms with Gasteiger partial charge in [-0.25, -0.2) is 0 Å². The van der Waals surface area contributed by atoms with E-state index in [2.05, 4.69) is 34.2 Å². The van der Waals surface area contributed by atoms with E-state index in [1.807, 2.05) is 0 Å². The van der Waals surface area contributed by atoms with E-state index in [0.717, 1.165) is 44.6 Å². The third-order valence-corrected chi connectivity index (χ3v) is 4.01. The molecule has 1 aliphatic rings. The van der Waals surface area contributed by atoms with Crippen LogP contribution in [0.1, 0.15) is 50.9 Å².